The van der Waals surface area contributed by atoms with E-state index < -0.39 is 6.04 Å². The highest BCUT2D eigenvalue weighted by atomic mass is 32.1. The van der Waals surface area contributed by atoms with E-state index in [0.29, 0.717) is 5.56 Å². The van der Waals surface area contributed by atoms with Crippen molar-refractivity contribution in [1.82, 2.24) is 15.1 Å². The fourth-order valence-electron chi connectivity index (χ4n) is 1.66. The Hall–Kier alpha value is -1.66. The maximum absolute atomic E-state index is 12.0. The van der Waals surface area contributed by atoms with E-state index in [2.05, 4.69) is 10.4 Å². The first-order chi connectivity index (χ1) is 8.58. The minimum absolute atomic E-state index is 0.0357. The topological polar surface area (TPSA) is 72.9 Å². The molecule has 0 fully saturated rings. The van der Waals surface area contributed by atoms with E-state index in [1.165, 1.54) is 0 Å². The van der Waals surface area contributed by atoms with Gasteiger partial charge in [-0.25, -0.2) is 0 Å². The largest absolute Gasteiger partial charge is 0.348 e. The molecule has 96 valence electrons. The number of hydrogen-bond acceptors (Lipinski definition) is 4. The highest BCUT2D eigenvalue weighted by Gasteiger charge is 2.19. The highest BCUT2D eigenvalue weighted by Crippen LogP contribution is 2.17. The van der Waals surface area contributed by atoms with Crippen molar-refractivity contribution in [1.29, 1.82) is 0 Å². The Morgan fingerprint density at radius 3 is 2.89 bits per heavy atom. The fourth-order valence-corrected chi connectivity index (χ4v) is 2.41. The standard InChI is InChI=1S/C12H16N4OS/c1-8(9-3-4-18-7-9)15-12(17)11(13)10-5-14-16(2)6-10/h3-8,11H,13H2,1-2H3,(H,15,17). The third-order valence-electron chi connectivity index (χ3n) is 2.77. The zero-order chi connectivity index (χ0) is 13.1. The van der Waals surface area contributed by atoms with Gasteiger partial charge < -0.3 is 11.1 Å². The van der Waals surface area contributed by atoms with Gasteiger partial charge in [0.15, 0.2) is 0 Å². The summed E-state index contributed by atoms with van der Waals surface area (Å²) >= 11 is 1.61. The van der Waals surface area contributed by atoms with Crippen molar-refractivity contribution in [2.45, 2.75) is 19.0 Å². The van der Waals surface area contributed by atoms with Crippen LogP contribution >= 0.6 is 11.3 Å². The molecule has 0 saturated carbocycles. The second kappa shape index (κ2) is 5.32. The van der Waals surface area contributed by atoms with Crippen LogP contribution in [0, 0.1) is 0 Å². The Bertz CT molecular complexity index is 520. The number of rotatable bonds is 4. The van der Waals surface area contributed by atoms with Crippen molar-refractivity contribution in [3.8, 4) is 0 Å². The van der Waals surface area contributed by atoms with Gasteiger partial charge in [-0.2, -0.15) is 16.4 Å². The predicted octanol–water partition coefficient (Wildman–Crippen LogP) is 1.36. The summed E-state index contributed by atoms with van der Waals surface area (Å²) in [5.74, 6) is -0.193. The number of carbonyl (C=O) groups excluding carboxylic acids is 1. The minimum atomic E-state index is -0.681. The van der Waals surface area contributed by atoms with E-state index in [1.807, 2.05) is 23.8 Å². The number of aromatic nitrogens is 2. The van der Waals surface area contributed by atoms with Crippen LogP contribution in [-0.2, 0) is 11.8 Å². The number of carbonyl (C=O) groups is 1. The Morgan fingerprint density at radius 1 is 1.56 bits per heavy atom. The van der Waals surface area contributed by atoms with Crippen LogP contribution in [0.25, 0.3) is 0 Å². The van der Waals surface area contributed by atoms with Crippen molar-refractivity contribution in [3.05, 3.63) is 40.3 Å². The smallest absolute Gasteiger partial charge is 0.242 e. The molecule has 5 nitrogen and oxygen atoms in total. The number of nitrogens with one attached hydrogen (secondary N) is 1. The molecule has 2 atom stereocenters. The summed E-state index contributed by atoms with van der Waals surface area (Å²) in [6.07, 6.45) is 3.36. The van der Waals surface area contributed by atoms with Gasteiger partial charge in [0.25, 0.3) is 0 Å². The first-order valence-electron chi connectivity index (χ1n) is 5.64. The molecule has 0 aromatic carbocycles. The van der Waals surface area contributed by atoms with Gasteiger partial charge in [-0.3, -0.25) is 9.48 Å². The van der Waals surface area contributed by atoms with Crippen LogP contribution in [0.2, 0.25) is 0 Å². The number of amides is 1. The number of hydrogen-bond donors (Lipinski definition) is 2. The molecule has 6 heteroatoms. The quantitative estimate of drug-likeness (QED) is 0.875. The molecule has 2 aromatic rings. The van der Waals surface area contributed by atoms with Crippen molar-refractivity contribution in [2.24, 2.45) is 12.8 Å². The van der Waals surface area contributed by atoms with Crippen LogP contribution in [-0.4, -0.2) is 15.7 Å². The van der Waals surface area contributed by atoms with E-state index in [0.717, 1.165) is 5.56 Å². The Labute approximate surface area is 110 Å². The second-order valence-electron chi connectivity index (χ2n) is 4.21. The van der Waals surface area contributed by atoms with Gasteiger partial charge in [0.2, 0.25) is 5.91 Å². The zero-order valence-corrected chi connectivity index (χ0v) is 11.1. The van der Waals surface area contributed by atoms with Crippen LogP contribution in [0.4, 0.5) is 0 Å². The molecule has 2 rings (SSSR count). The first-order valence-corrected chi connectivity index (χ1v) is 6.59. The van der Waals surface area contributed by atoms with Gasteiger partial charge in [-0.05, 0) is 29.3 Å². The maximum Gasteiger partial charge on any atom is 0.242 e. The minimum Gasteiger partial charge on any atom is -0.348 e. The molecule has 2 heterocycles. The van der Waals surface area contributed by atoms with E-state index in [-0.39, 0.29) is 11.9 Å². The van der Waals surface area contributed by atoms with Crippen LogP contribution in [0.5, 0.6) is 0 Å². The molecule has 1 amide bonds. The number of nitrogens with zero attached hydrogens (tertiary/aromatic N) is 2. The molecule has 0 radical (unpaired) electrons. The summed E-state index contributed by atoms with van der Waals surface area (Å²) in [4.78, 5) is 12.0. The van der Waals surface area contributed by atoms with E-state index in [4.69, 9.17) is 5.73 Å². The van der Waals surface area contributed by atoms with Crippen molar-refractivity contribution in [2.75, 3.05) is 0 Å². The molecule has 3 N–H and O–H groups in total. The highest BCUT2D eigenvalue weighted by molar-refractivity contribution is 7.07. The summed E-state index contributed by atoms with van der Waals surface area (Å²) in [6, 6.07) is 1.27. The number of nitrogens with two attached hydrogens (primary N) is 1. The van der Waals surface area contributed by atoms with Gasteiger partial charge in [0.05, 0.1) is 12.2 Å². The van der Waals surface area contributed by atoms with E-state index in [9.17, 15) is 4.79 Å². The molecule has 0 saturated heterocycles. The average Bonchev–Trinajstić information content (AvgIpc) is 2.98. The summed E-state index contributed by atoms with van der Waals surface area (Å²) in [5.41, 5.74) is 7.70. The lowest BCUT2D eigenvalue weighted by atomic mass is 10.1. The first kappa shape index (κ1) is 12.8. The summed E-state index contributed by atoms with van der Waals surface area (Å²) in [6.45, 7) is 1.94. The summed E-state index contributed by atoms with van der Waals surface area (Å²) in [7, 11) is 1.79. The average molecular weight is 264 g/mol. The van der Waals surface area contributed by atoms with E-state index in [1.54, 1.807) is 35.5 Å². The van der Waals surface area contributed by atoms with Gasteiger partial charge in [0, 0.05) is 18.8 Å². The SMILES string of the molecule is CC(NC(=O)C(N)c1cnn(C)c1)c1ccsc1. The lowest BCUT2D eigenvalue weighted by Gasteiger charge is -2.16. The van der Waals surface area contributed by atoms with Crippen molar-refractivity contribution >= 4 is 17.2 Å². The molecule has 0 bridgehead atoms. The Morgan fingerprint density at radius 2 is 2.33 bits per heavy atom. The lowest BCUT2D eigenvalue weighted by Crippen LogP contribution is -2.35. The molecule has 0 aliphatic heterocycles. The fraction of sp³-hybridized carbons (Fsp3) is 0.333. The third-order valence-corrected chi connectivity index (χ3v) is 3.47. The van der Waals surface area contributed by atoms with Crippen LogP contribution in [0.1, 0.15) is 30.1 Å². The molecular weight excluding hydrogens is 248 g/mol. The summed E-state index contributed by atoms with van der Waals surface area (Å²) in [5, 5.41) is 10.9. The second-order valence-corrected chi connectivity index (χ2v) is 4.99. The van der Waals surface area contributed by atoms with Crippen molar-refractivity contribution < 1.29 is 4.79 Å². The van der Waals surface area contributed by atoms with Crippen molar-refractivity contribution in [3.63, 3.8) is 0 Å². The van der Waals surface area contributed by atoms with Crippen LogP contribution in [0.3, 0.4) is 0 Å². The monoisotopic (exact) mass is 264 g/mol. The molecular formula is C12H16N4OS. The summed E-state index contributed by atoms with van der Waals surface area (Å²) < 4.78 is 1.63. The Balaban J connectivity index is 1.99. The zero-order valence-electron chi connectivity index (χ0n) is 10.3. The van der Waals surface area contributed by atoms with Gasteiger partial charge >= 0.3 is 0 Å². The molecule has 18 heavy (non-hydrogen) atoms. The Kier molecular flexibility index (Phi) is 3.78. The van der Waals surface area contributed by atoms with Crippen LogP contribution in [0.15, 0.2) is 29.2 Å². The van der Waals surface area contributed by atoms with Gasteiger partial charge in [0.1, 0.15) is 6.04 Å². The van der Waals surface area contributed by atoms with Crippen LogP contribution < -0.4 is 11.1 Å². The lowest BCUT2D eigenvalue weighted by molar-refractivity contribution is -0.123. The predicted molar refractivity (Wildman–Crippen MR) is 71.0 cm³/mol. The molecule has 0 aliphatic rings. The molecule has 0 spiro atoms. The maximum atomic E-state index is 12.0. The van der Waals surface area contributed by atoms with Gasteiger partial charge in [-0.15, -0.1) is 0 Å². The molecule has 0 aliphatic carbocycles. The molecule has 2 unspecified atom stereocenters. The normalized spacial score (nSPS) is 14.2. The van der Waals surface area contributed by atoms with Gasteiger partial charge in [-0.1, -0.05) is 0 Å². The molecule has 2 aromatic heterocycles. The number of aryl methyl sites for hydroxylation is 1. The van der Waals surface area contributed by atoms with E-state index >= 15 is 0 Å². The number of thiophene rings is 1. The third kappa shape index (κ3) is 2.77.